The molecule has 2 rings (SSSR count). The van der Waals surface area contributed by atoms with E-state index < -0.39 is 17.6 Å². The molecule has 11 heteroatoms. The number of rotatable bonds is 3. The van der Waals surface area contributed by atoms with Crippen LogP contribution < -0.4 is 5.32 Å². The molecule has 2 aromatic rings. The second kappa shape index (κ2) is 6.26. The molecule has 0 unspecified atom stereocenters. The Labute approximate surface area is 134 Å². The topological polar surface area (TPSA) is 90.3 Å². The highest BCUT2D eigenvalue weighted by molar-refractivity contribution is 14.1. The Bertz CT molecular complexity index is 747. The minimum absolute atomic E-state index is 0.0440. The molecule has 0 saturated carbocycles. The highest BCUT2D eigenvalue weighted by Crippen LogP contribution is 2.34. The van der Waals surface area contributed by atoms with Crippen molar-refractivity contribution >= 4 is 33.9 Å². The first kappa shape index (κ1) is 16.1. The second-order valence-corrected chi connectivity index (χ2v) is 4.95. The lowest BCUT2D eigenvalue weighted by molar-refractivity contribution is -0.137. The van der Waals surface area contributed by atoms with Crippen LogP contribution in [-0.2, 0) is 6.18 Å². The molecule has 1 aromatic heterocycles. The van der Waals surface area contributed by atoms with Gasteiger partial charge in [-0.2, -0.15) is 23.6 Å². The lowest BCUT2D eigenvalue weighted by atomic mass is 10.2. The number of aromatic nitrogens is 4. The Morgan fingerprint density at radius 2 is 2.14 bits per heavy atom. The van der Waals surface area contributed by atoms with Crippen molar-refractivity contribution in [1.82, 2.24) is 20.6 Å². The third-order valence-corrected chi connectivity index (χ3v) is 3.53. The molecule has 6 nitrogen and oxygen atoms in total. The van der Waals surface area contributed by atoms with Crippen molar-refractivity contribution in [1.29, 1.82) is 5.26 Å². The fourth-order valence-electron chi connectivity index (χ4n) is 1.43. The molecule has 1 aromatic carbocycles. The van der Waals surface area contributed by atoms with Gasteiger partial charge in [0.2, 0.25) is 5.82 Å². The highest BCUT2D eigenvalue weighted by Gasteiger charge is 2.32. The van der Waals surface area contributed by atoms with Crippen molar-refractivity contribution < 1.29 is 17.6 Å². The van der Waals surface area contributed by atoms with Crippen molar-refractivity contribution in [3.63, 3.8) is 0 Å². The van der Waals surface area contributed by atoms with Gasteiger partial charge in [0.25, 0.3) is 0 Å². The van der Waals surface area contributed by atoms with Gasteiger partial charge in [-0.05, 0) is 39.9 Å². The molecule has 0 fully saturated rings. The van der Waals surface area contributed by atoms with Gasteiger partial charge in [0.1, 0.15) is 17.5 Å². The monoisotopic (exact) mass is 424 g/mol. The number of nitriles is 1. The molecule has 2 N–H and O–H groups in total. The summed E-state index contributed by atoms with van der Waals surface area (Å²) in [6.07, 6.45) is -3.61. The van der Waals surface area contributed by atoms with Crippen LogP contribution >= 0.6 is 22.6 Å². The quantitative estimate of drug-likeness (QED) is 0.450. The number of halogens is 5. The number of nitrogens with zero attached hydrogens (tertiary/aromatic N) is 4. The number of hydrogen-bond donors (Lipinski definition) is 2. The molecule has 114 valence electrons. The molecular formula is C11H5F4IN6. The maximum absolute atomic E-state index is 13.6. The maximum Gasteiger partial charge on any atom is 0.416 e. The maximum atomic E-state index is 13.6. The van der Waals surface area contributed by atoms with E-state index in [2.05, 4.69) is 25.9 Å². The molecule has 1 heterocycles. The van der Waals surface area contributed by atoms with Crippen LogP contribution in [0.25, 0.3) is 5.57 Å². The zero-order valence-electron chi connectivity index (χ0n) is 10.4. The molecule has 0 spiro atoms. The third-order valence-electron chi connectivity index (χ3n) is 2.43. The predicted octanol–water partition coefficient (Wildman–Crippen LogP) is 2.94. The summed E-state index contributed by atoms with van der Waals surface area (Å²) in [5.74, 6) is -1.07. The predicted molar refractivity (Wildman–Crippen MR) is 75.5 cm³/mol. The zero-order valence-corrected chi connectivity index (χ0v) is 12.6. The molecule has 0 saturated heterocycles. The molecule has 0 aliphatic rings. The van der Waals surface area contributed by atoms with E-state index in [4.69, 9.17) is 5.26 Å². The van der Waals surface area contributed by atoms with Gasteiger partial charge in [0, 0.05) is 6.20 Å². The second-order valence-electron chi connectivity index (χ2n) is 3.87. The Hall–Kier alpha value is -2.23. The molecule has 0 amide bonds. The zero-order chi connectivity index (χ0) is 16.3. The number of H-pyrrole nitrogens is 1. The number of allylic oxidation sites excluding steroid dienone is 1. The number of benzene rings is 1. The minimum Gasteiger partial charge on any atom is -0.359 e. The number of aromatic amines is 1. The van der Waals surface area contributed by atoms with Crippen LogP contribution in [0.3, 0.4) is 0 Å². The molecule has 22 heavy (non-hydrogen) atoms. The SMILES string of the molecule is N#CC(=CNc1cc(C(F)(F)F)cc(F)c1I)c1nn[nH]n1. The average Bonchev–Trinajstić information content (AvgIpc) is 2.96. The number of nitrogens with one attached hydrogen (secondary N) is 2. The van der Waals surface area contributed by atoms with Crippen LogP contribution in [0, 0.1) is 20.7 Å². The lowest BCUT2D eigenvalue weighted by Crippen LogP contribution is -2.08. The van der Waals surface area contributed by atoms with Crippen molar-refractivity contribution in [3.05, 3.63) is 39.1 Å². The van der Waals surface area contributed by atoms with Crippen molar-refractivity contribution in [2.75, 3.05) is 5.32 Å². The molecule has 0 radical (unpaired) electrons. The van der Waals surface area contributed by atoms with Crippen LogP contribution in [0.5, 0.6) is 0 Å². The van der Waals surface area contributed by atoms with E-state index in [0.717, 1.165) is 12.3 Å². The van der Waals surface area contributed by atoms with Gasteiger partial charge in [-0.3, -0.25) is 0 Å². The number of anilines is 1. The van der Waals surface area contributed by atoms with Gasteiger partial charge in [0.15, 0.2) is 0 Å². The van der Waals surface area contributed by atoms with Crippen LogP contribution in [-0.4, -0.2) is 20.6 Å². The number of hydrogen-bond acceptors (Lipinski definition) is 5. The van der Waals surface area contributed by atoms with E-state index in [1.807, 2.05) is 0 Å². The third kappa shape index (κ3) is 3.50. The van der Waals surface area contributed by atoms with Gasteiger partial charge in [0.05, 0.1) is 14.8 Å². The summed E-state index contributed by atoms with van der Waals surface area (Å²) in [6.45, 7) is 0. The summed E-state index contributed by atoms with van der Waals surface area (Å²) < 4.78 is 51.5. The highest BCUT2D eigenvalue weighted by atomic mass is 127. The standard InChI is InChI=1S/C11H5F4IN6/c12-7-1-6(11(13,14)15)2-8(9(7)16)18-4-5(3-17)10-19-21-22-20-10/h1-2,4,18H,(H,19,20,21,22). The summed E-state index contributed by atoms with van der Waals surface area (Å²) in [7, 11) is 0. The smallest absolute Gasteiger partial charge is 0.359 e. The summed E-state index contributed by atoms with van der Waals surface area (Å²) in [4.78, 5) is 0. The van der Waals surface area contributed by atoms with Gasteiger partial charge in [-0.15, -0.1) is 10.2 Å². The van der Waals surface area contributed by atoms with E-state index in [9.17, 15) is 17.6 Å². The van der Waals surface area contributed by atoms with Crippen LogP contribution in [0.15, 0.2) is 18.3 Å². The molecule has 0 atom stereocenters. The Morgan fingerprint density at radius 3 is 2.68 bits per heavy atom. The summed E-state index contributed by atoms with van der Waals surface area (Å²) in [6, 6.07) is 2.90. The van der Waals surface area contributed by atoms with Crippen molar-refractivity contribution in [3.8, 4) is 6.07 Å². The molecular weight excluding hydrogens is 419 g/mol. The summed E-state index contributed by atoms with van der Waals surface area (Å²) in [5, 5.41) is 23.9. The summed E-state index contributed by atoms with van der Waals surface area (Å²) in [5.41, 5.74) is -1.36. The number of alkyl halides is 3. The van der Waals surface area contributed by atoms with Gasteiger partial charge in [-0.1, -0.05) is 0 Å². The first-order chi connectivity index (χ1) is 10.3. The van der Waals surface area contributed by atoms with Crippen molar-refractivity contribution in [2.24, 2.45) is 0 Å². The average molecular weight is 424 g/mol. The van der Waals surface area contributed by atoms with Gasteiger partial charge >= 0.3 is 6.18 Å². The fourth-order valence-corrected chi connectivity index (χ4v) is 1.90. The first-order valence-corrected chi connectivity index (χ1v) is 6.57. The van der Waals surface area contributed by atoms with Crippen molar-refractivity contribution in [2.45, 2.75) is 6.18 Å². The fraction of sp³-hybridized carbons (Fsp3) is 0.0909. The first-order valence-electron chi connectivity index (χ1n) is 5.49. The van der Waals surface area contributed by atoms with Crippen LogP contribution in [0.2, 0.25) is 0 Å². The lowest BCUT2D eigenvalue weighted by Gasteiger charge is -2.11. The van der Waals surface area contributed by atoms with E-state index in [1.54, 1.807) is 28.7 Å². The molecule has 0 aliphatic heterocycles. The Kier molecular flexibility index (Phi) is 4.59. The van der Waals surface area contributed by atoms with E-state index in [1.165, 1.54) is 0 Å². The Morgan fingerprint density at radius 1 is 1.41 bits per heavy atom. The van der Waals surface area contributed by atoms with Gasteiger partial charge < -0.3 is 5.32 Å². The summed E-state index contributed by atoms with van der Waals surface area (Å²) >= 11 is 1.56. The van der Waals surface area contributed by atoms with E-state index in [-0.39, 0.29) is 20.7 Å². The van der Waals surface area contributed by atoms with Crippen LogP contribution in [0.1, 0.15) is 11.4 Å². The van der Waals surface area contributed by atoms with E-state index in [0.29, 0.717) is 6.07 Å². The largest absolute Gasteiger partial charge is 0.416 e. The van der Waals surface area contributed by atoms with Crippen LogP contribution in [0.4, 0.5) is 23.2 Å². The van der Waals surface area contributed by atoms with Gasteiger partial charge in [-0.25, -0.2) is 4.39 Å². The molecule has 0 aliphatic carbocycles. The normalized spacial score (nSPS) is 12.1. The Balaban J connectivity index is 2.37. The minimum atomic E-state index is -4.68. The van der Waals surface area contributed by atoms with E-state index >= 15 is 0 Å². The molecule has 0 bridgehead atoms. The number of tetrazole rings is 1.